The van der Waals surface area contributed by atoms with Crippen molar-refractivity contribution in [1.82, 2.24) is 0 Å². The highest BCUT2D eigenvalue weighted by atomic mass is 79.9. The lowest BCUT2D eigenvalue weighted by Gasteiger charge is -2.21. The third-order valence-corrected chi connectivity index (χ3v) is 5.08. The molecule has 1 atom stereocenters. The first-order valence-corrected chi connectivity index (χ1v) is 9.25. The molecule has 0 saturated heterocycles. The second-order valence-corrected chi connectivity index (χ2v) is 7.29. The lowest BCUT2D eigenvalue weighted by molar-refractivity contribution is 0.317. The minimum atomic E-state index is -0.706. The Kier molecular flexibility index (Phi) is 6.01. The highest BCUT2D eigenvalue weighted by molar-refractivity contribution is 9.10. The summed E-state index contributed by atoms with van der Waals surface area (Å²) in [5.74, 6) is -1.54. The average Bonchev–Trinajstić information content (AvgIpc) is 2.64. The summed E-state index contributed by atoms with van der Waals surface area (Å²) in [5.41, 5.74) is 3.63. The van der Waals surface area contributed by atoms with Crippen molar-refractivity contribution in [3.63, 3.8) is 0 Å². The Labute approximate surface area is 165 Å². The molecular weight excluding hydrogens is 412 g/mol. The van der Waals surface area contributed by atoms with E-state index in [0.717, 1.165) is 27.2 Å². The van der Waals surface area contributed by atoms with Gasteiger partial charge in [0.15, 0.2) is 0 Å². The molecule has 1 N–H and O–H groups in total. The Bertz CT molecular complexity index is 950. The van der Waals surface area contributed by atoms with Crippen LogP contribution < -0.4 is 0 Å². The van der Waals surface area contributed by atoms with Crippen LogP contribution in [0.25, 0.3) is 0 Å². The molecule has 0 aromatic heterocycles. The van der Waals surface area contributed by atoms with Crippen LogP contribution in [-0.2, 0) is 0 Å². The molecule has 0 heterocycles. The van der Waals surface area contributed by atoms with E-state index in [1.165, 1.54) is 12.1 Å². The SMILES string of the molecule is Cc1ccccc1C(CC(=NO)c1cc(F)cc(F)c1)c1ccc(Br)cc1. The molecule has 0 bridgehead atoms. The van der Waals surface area contributed by atoms with Crippen molar-refractivity contribution in [3.8, 4) is 0 Å². The second kappa shape index (κ2) is 8.44. The molecule has 0 fully saturated rings. The Balaban J connectivity index is 2.05. The van der Waals surface area contributed by atoms with Crippen molar-refractivity contribution in [2.24, 2.45) is 5.16 Å². The fraction of sp³-hybridized carbons (Fsp3) is 0.136. The van der Waals surface area contributed by atoms with Crippen molar-refractivity contribution in [3.05, 3.63) is 105 Å². The fourth-order valence-corrected chi connectivity index (χ4v) is 3.47. The van der Waals surface area contributed by atoms with Crippen LogP contribution in [0.3, 0.4) is 0 Å². The Hall–Kier alpha value is -2.53. The quantitative estimate of drug-likeness (QED) is 0.282. The van der Waals surface area contributed by atoms with Gasteiger partial charge in [0, 0.05) is 28.4 Å². The summed E-state index contributed by atoms with van der Waals surface area (Å²) < 4.78 is 28.2. The third kappa shape index (κ3) is 4.61. The Morgan fingerprint density at radius 3 is 2.22 bits per heavy atom. The zero-order valence-electron chi connectivity index (χ0n) is 14.7. The molecule has 3 aromatic carbocycles. The second-order valence-electron chi connectivity index (χ2n) is 6.37. The van der Waals surface area contributed by atoms with E-state index in [2.05, 4.69) is 21.1 Å². The van der Waals surface area contributed by atoms with Gasteiger partial charge < -0.3 is 5.21 Å². The maximum atomic E-state index is 13.6. The lowest BCUT2D eigenvalue weighted by Crippen LogP contribution is -2.12. The van der Waals surface area contributed by atoms with Crippen molar-refractivity contribution >= 4 is 21.6 Å². The molecular formula is C22H18BrF2NO. The standard InChI is InChI=1S/C22H18BrF2NO/c1-14-4-2-3-5-20(14)21(15-6-8-17(23)9-7-15)13-22(26-27)16-10-18(24)12-19(25)11-16/h2-12,21,27H,13H2,1H3. The number of rotatable bonds is 5. The summed E-state index contributed by atoms with van der Waals surface area (Å²) in [5, 5.41) is 12.9. The lowest BCUT2D eigenvalue weighted by atomic mass is 9.83. The average molecular weight is 430 g/mol. The van der Waals surface area contributed by atoms with Gasteiger partial charge in [-0.3, -0.25) is 0 Å². The van der Waals surface area contributed by atoms with E-state index in [4.69, 9.17) is 0 Å². The summed E-state index contributed by atoms with van der Waals surface area (Å²) in [7, 11) is 0. The number of hydrogen-bond acceptors (Lipinski definition) is 2. The maximum absolute atomic E-state index is 13.6. The largest absolute Gasteiger partial charge is 0.411 e. The molecule has 0 saturated carbocycles. The van der Waals surface area contributed by atoms with E-state index in [9.17, 15) is 14.0 Å². The van der Waals surface area contributed by atoms with Gasteiger partial charge in [0.2, 0.25) is 0 Å². The molecule has 0 aliphatic rings. The van der Waals surface area contributed by atoms with Crippen LogP contribution in [0.4, 0.5) is 8.78 Å². The molecule has 5 heteroatoms. The van der Waals surface area contributed by atoms with E-state index in [1.54, 1.807) is 0 Å². The summed E-state index contributed by atoms with van der Waals surface area (Å²) in [6.45, 7) is 2.01. The molecule has 3 rings (SSSR count). The molecule has 0 radical (unpaired) electrons. The van der Waals surface area contributed by atoms with Crippen LogP contribution in [0.5, 0.6) is 0 Å². The number of aryl methyl sites for hydroxylation is 1. The maximum Gasteiger partial charge on any atom is 0.126 e. The van der Waals surface area contributed by atoms with Gasteiger partial charge >= 0.3 is 0 Å². The van der Waals surface area contributed by atoms with Crippen LogP contribution in [-0.4, -0.2) is 10.9 Å². The van der Waals surface area contributed by atoms with E-state index >= 15 is 0 Å². The summed E-state index contributed by atoms with van der Waals surface area (Å²) in [4.78, 5) is 0. The van der Waals surface area contributed by atoms with Gasteiger partial charge in [0.05, 0.1) is 5.71 Å². The van der Waals surface area contributed by atoms with Crippen molar-refractivity contribution in [2.75, 3.05) is 0 Å². The van der Waals surface area contributed by atoms with Crippen LogP contribution in [0.15, 0.2) is 76.4 Å². The molecule has 0 aliphatic carbocycles. The van der Waals surface area contributed by atoms with Gasteiger partial charge in [-0.25, -0.2) is 8.78 Å². The van der Waals surface area contributed by atoms with E-state index in [0.29, 0.717) is 6.42 Å². The van der Waals surface area contributed by atoms with Gasteiger partial charge in [0.1, 0.15) is 11.6 Å². The van der Waals surface area contributed by atoms with E-state index in [1.807, 2.05) is 55.5 Å². The van der Waals surface area contributed by atoms with Crippen molar-refractivity contribution in [1.29, 1.82) is 0 Å². The zero-order chi connectivity index (χ0) is 19.4. The number of benzene rings is 3. The van der Waals surface area contributed by atoms with Crippen LogP contribution in [0, 0.1) is 18.6 Å². The van der Waals surface area contributed by atoms with Crippen LogP contribution in [0.2, 0.25) is 0 Å². The van der Waals surface area contributed by atoms with Gasteiger partial charge in [0.25, 0.3) is 0 Å². The third-order valence-electron chi connectivity index (χ3n) is 4.55. The first-order valence-electron chi connectivity index (χ1n) is 8.46. The van der Waals surface area contributed by atoms with Gasteiger partial charge in [-0.15, -0.1) is 0 Å². The zero-order valence-corrected chi connectivity index (χ0v) is 16.2. The van der Waals surface area contributed by atoms with Gasteiger partial charge in [-0.05, 0) is 47.9 Å². The number of hydrogen-bond donors (Lipinski definition) is 1. The van der Waals surface area contributed by atoms with Crippen LogP contribution >= 0.6 is 15.9 Å². The van der Waals surface area contributed by atoms with E-state index < -0.39 is 11.6 Å². The molecule has 0 spiro atoms. The predicted molar refractivity (Wildman–Crippen MR) is 106 cm³/mol. The number of nitrogens with zero attached hydrogens (tertiary/aromatic N) is 1. The summed E-state index contributed by atoms with van der Waals surface area (Å²) in [6.07, 6.45) is 0.297. The van der Waals surface area contributed by atoms with E-state index in [-0.39, 0.29) is 17.2 Å². The topological polar surface area (TPSA) is 32.6 Å². The smallest absolute Gasteiger partial charge is 0.126 e. The number of oxime groups is 1. The first-order chi connectivity index (χ1) is 13.0. The molecule has 27 heavy (non-hydrogen) atoms. The highest BCUT2D eigenvalue weighted by Crippen LogP contribution is 2.32. The van der Waals surface area contributed by atoms with Crippen LogP contribution in [0.1, 0.15) is 34.6 Å². The fourth-order valence-electron chi connectivity index (χ4n) is 3.21. The summed E-state index contributed by atoms with van der Waals surface area (Å²) in [6, 6.07) is 18.9. The summed E-state index contributed by atoms with van der Waals surface area (Å²) >= 11 is 3.44. The van der Waals surface area contributed by atoms with Gasteiger partial charge in [-0.2, -0.15) is 0 Å². The monoisotopic (exact) mass is 429 g/mol. The molecule has 1 unspecified atom stereocenters. The molecule has 2 nitrogen and oxygen atoms in total. The first kappa shape index (κ1) is 19.2. The molecule has 0 aliphatic heterocycles. The Morgan fingerprint density at radius 1 is 1.00 bits per heavy atom. The highest BCUT2D eigenvalue weighted by Gasteiger charge is 2.21. The minimum Gasteiger partial charge on any atom is -0.411 e. The number of halogens is 3. The van der Waals surface area contributed by atoms with Crippen molar-refractivity contribution < 1.29 is 14.0 Å². The van der Waals surface area contributed by atoms with Gasteiger partial charge in [-0.1, -0.05) is 57.5 Å². The normalized spacial score (nSPS) is 12.8. The molecule has 138 valence electrons. The molecule has 0 amide bonds. The Morgan fingerprint density at radius 2 is 1.63 bits per heavy atom. The van der Waals surface area contributed by atoms with Crippen molar-refractivity contribution in [2.45, 2.75) is 19.3 Å². The minimum absolute atomic E-state index is 0.128. The molecule has 3 aromatic rings. The predicted octanol–water partition coefficient (Wildman–Crippen LogP) is 6.44.